The first-order valence-corrected chi connectivity index (χ1v) is 6.75. The third-order valence-electron chi connectivity index (χ3n) is 2.65. The molecule has 0 saturated heterocycles. The molecule has 2 rings (SSSR count). The van der Waals surface area contributed by atoms with Gasteiger partial charge in [0.25, 0.3) is 0 Å². The largest absolute Gasteiger partial charge is 0.478 e. The van der Waals surface area contributed by atoms with Gasteiger partial charge in [-0.3, -0.25) is 0 Å². The van der Waals surface area contributed by atoms with Crippen molar-refractivity contribution in [2.24, 2.45) is 0 Å². The number of halogens is 2. The van der Waals surface area contributed by atoms with E-state index in [2.05, 4.69) is 21.2 Å². The molecule has 0 aliphatic heterocycles. The second-order valence-electron chi connectivity index (χ2n) is 3.94. The second kappa shape index (κ2) is 6.08. The van der Waals surface area contributed by atoms with Crippen molar-refractivity contribution in [2.75, 3.05) is 5.32 Å². The molecular weight excluding hydrogens is 330 g/mol. The molecule has 0 spiro atoms. The van der Waals surface area contributed by atoms with Gasteiger partial charge in [0.15, 0.2) is 0 Å². The van der Waals surface area contributed by atoms with Crippen LogP contribution < -0.4 is 5.32 Å². The van der Waals surface area contributed by atoms with Crippen molar-refractivity contribution in [1.29, 1.82) is 0 Å². The minimum absolute atomic E-state index is 0.304. The molecule has 5 heteroatoms. The summed E-state index contributed by atoms with van der Waals surface area (Å²) in [5.41, 5.74) is 1.88. The molecule has 0 radical (unpaired) electrons. The Morgan fingerprint density at radius 2 is 2.00 bits per heavy atom. The summed E-state index contributed by atoms with van der Waals surface area (Å²) in [7, 11) is 0. The lowest BCUT2D eigenvalue weighted by molar-refractivity contribution is 0.0696. The molecule has 3 nitrogen and oxygen atoms in total. The maximum atomic E-state index is 11.1. The lowest BCUT2D eigenvalue weighted by Gasteiger charge is -2.09. The van der Waals surface area contributed by atoms with Crippen LogP contribution in [0, 0.1) is 0 Å². The van der Waals surface area contributed by atoms with E-state index in [1.807, 2.05) is 18.2 Å². The van der Waals surface area contributed by atoms with Crippen LogP contribution >= 0.6 is 27.5 Å². The summed E-state index contributed by atoms with van der Waals surface area (Å²) in [6.45, 7) is 0.431. The van der Waals surface area contributed by atoms with Gasteiger partial charge in [-0.05, 0) is 45.8 Å². The van der Waals surface area contributed by atoms with Crippen LogP contribution in [0.15, 0.2) is 46.9 Å². The minimum atomic E-state index is -0.925. The summed E-state index contributed by atoms with van der Waals surface area (Å²) in [6, 6.07) is 12.4. The van der Waals surface area contributed by atoms with Crippen LogP contribution in [0.25, 0.3) is 0 Å². The Hall–Kier alpha value is -1.52. The van der Waals surface area contributed by atoms with Crippen LogP contribution in [0.4, 0.5) is 5.69 Å². The van der Waals surface area contributed by atoms with E-state index in [-0.39, 0.29) is 0 Å². The molecule has 0 bridgehead atoms. The van der Waals surface area contributed by atoms with Crippen molar-refractivity contribution in [3.8, 4) is 0 Å². The highest BCUT2D eigenvalue weighted by molar-refractivity contribution is 9.10. The average molecular weight is 341 g/mol. The fraction of sp³-hybridized carbons (Fsp3) is 0.0714. The summed E-state index contributed by atoms with van der Waals surface area (Å²) < 4.78 is 0.825. The van der Waals surface area contributed by atoms with Crippen LogP contribution in [0.5, 0.6) is 0 Å². The first-order chi connectivity index (χ1) is 9.08. The fourth-order valence-electron chi connectivity index (χ4n) is 1.69. The number of anilines is 1. The van der Waals surface area contributed by atoms with E-state index in [9.17, 15) is 4.79 Å². The summed E-state index contributed by atoms with van der Waals surface area (Å²) in [4.78, 5) is 11.1. The highest BCUT2D eigenvalue weighted by Crippen LogP contribution is 2.25. The molecule has 0 unspecified atom stereocenters. The molecule has 0 atom stereocenters. The van der Waals surface area contributed by atoms with Crippen molar-refractivity contribution >= 4 is 39.2 Å². The fourth-order valence-corrected chi connectivity index (χ4v) is 2.11. The van der Waals surface area contributed by atoms with Gasteiger partial charge < -0.3 is 10.4 Å². The predicted molar refractivity (Wildman–Crippen MR) is 79.9 cm³/mol. The quantitative estimate of drug-likeness (QED) is 0.866. The topological polar surface area (TPSA) is 49.3 Å². The Bertz CT molecular complexity index is 616. The monoisotopic (exact) mass is 339 g/mol. The standard InChI is InChI=1S/C14H11BrClNO2/c15-12-6-5-10(7-13(12)16)17-8-9-3-1-2-4-11(9)14(18)19/h1-7,17H,8H2,(H,18,19). The van der Waals surface area contributed by atoms with Crippen molar-refractivity contribution in [3.63, 3.8) is 0 Å². The zero-order chi connectivity index (χ0) is 13.8. The van der Waals surface area contributed by atoms with E-state index in [1.54, 1.807) is 24.3 Å². The maximum absolute atomic E-state index is 11.1. The molecule has 0 aliphatic carbocycles. The molecule has 19 heavy (non-hydrogen) atoms. The number of hydrogen-bond acceptors (Lipinski definition) is 2. The van der Waals surface area contributed by atoms with Crippen molar-refractivity contribution in [2.45, 2.75) is 6.54 Å². The van der Waals surface area contributed by atoms with Crippen molar-refractivity contribution < 1.29 is 9.90 Å². The average Bonchev–Trinajstić information content (AvgIpc) is 2.40. The molecule has 0 fully saturated rings. The number of hydrogen-bond donors (Lipinski definition) is 2. The maximum Gasteiger partial charge on any atom is 0.336 e. The van der Waals surface area contributed by atoms with Gasteiger partial charge in [-0.15, -0.1) is 0 Å². The van der Waals surface area contributed by atoms with E-state index < -0.39 is 5.97 Å². The molecule has 0 saturated carbocycles. The van der Waals surface area contributed by atoms with Gasteiger partial charge in [-0.25, -0.2) is 4.79 Å². The highest BCUT2D eigenvalue weighted by atomic mass is 79.9. The normalized spacial score (nSPS) is 10.2. The number of carboxylic acids is 1. The Morgan fingerprint density at radius 1 is 1.26 bits per heavy atom. The molecule has 0 amide bonds. The molecule has 2 aromatic carbocycles. The molecular formula is C14H11BrClNO2. The molecule has 0 heterocycles. The van der Waals surface area contributed by atoms with Gasteiger partial charge in [0.05, 0.1) is 10.6 Å². The van der Waals surface area contributed by atoms with Crippen LogP contribution in [0.3, 0.4) is 0 Å². The van der Waals surface area contributed by atoms with Gasteiger partial charge in [-0.1, -0.05) is 29.8 Å². The van der Waals surface area contributed by atoms with Crippen LogP contribution in [-0.4, -0.2) is 11.1 Å². The number of aromatic carboxylic acids is 1. The predicted octanol–water partition coefficient (Wildman–Crippen LogP) is 4.41. The number of nitrogens with one attached hydrogen (secondary N) is 1. The lowest BCUT2D eigenvalue weighted by atomic mass is 10.1. The smallest absolute Gasteiger partial charge is 0.336 e. The van der Waals surface area contributed by atoms with Gasteiger partial charge in [-0.2, -0.15) is 0 Å². The van der Waals surface area contributed by atoms with Gasteiger partial charge in [0.1, 0.15) is 0 Å². The Labute approximate surface area is 124 Å². The molecule has 2 N–H and O–H groups in total. The summed E-state index contributed by atoms with van der Waals surface area (Å²) in [5, 5.41) is 12.9. The molecule has 0 aliphatic rings. The zero-order valence-electron chi connectivity index (χ0n) is 9.86. The Morgan fingerprint density at radius 3 is 2.68 bits per heavy atom. The van der Waals surface area contributed by atoms with E-state index in [4.69, 9.17) is 16.7 Å². The Kier molecular flexibility index (Phi) is 4.45. The van der Waals surface area contributed by atoms with Crippen molar-refractivity contribution in [1.82, 2.24) is 0 Å². The van der Waals surface area contributed by atoms with E-state index in [0.717, 1.165) is 15.7 Å². The van der Waals surface area contributed by atoms with Gasteiger partial charge in [0, 0.05) is 16.7 Å². The SMILES string of the molecule is O=C(O)c1ccccc1CNc1ccc(Br)c(Cl)c1. The summed E-state index contributed by atoms with van der Waals surface area (Å²) >= 11 is 9.31. The molecule has 98 valence electrons. The number of benzene rings is 2. The van der Waals surface area contributed by atoms with Crippen LogP contribution in [-0.2, 0) is 6.54 Å². The minimum Gasteiger partial charge on any atom is -0.478 e. The molecule has 0 aromatic heterocycles. The number of carboxylic acid groups (broad SMARTS) is 1. The van der Waals surface area contributed by atoms with Gasteiger partial charge >= 0.3 is 5.97 Å². The second-order valence-corrected chi connectivity index (χ2v) is 5.21. The first kappa shape index (κ1) is 13.9. The van der Waals surface area contributed by atoms with E-state index >= 15 is 0 Å². The Balaban J connectivity index is 2.14. The third-order valence-corrected chi connectivity index (χ3v) is 3.88. The van der Waals surface area contributed by atoms with Crippen LogP contribution in [0.1, 0.15) is 15.9 Å². The molecule has 2 aromatic rings. The third kappa shape index (κ3) is 3.49. The number of rotatable bonds is 4. The van der Waals surface area contributed by atoms with Crippen LogP contribution in [0.2, 0.25) is 5.02 Å². The highest BCUT2D eigenvalue weighted by Gasteiger charge is 2.08. The summed E-state index contributed by atoms with van der Waals surface area (Å²) in [5.74, 6) is -0.925. The van der Waals surface area contributed by atoms with Gasteiger partial charge in [0.2, 0.25) is 0 Å². The lowest BCUT2D eigenvalue weighted by Crippen LogP contribution is -2.07. The van der Waals surface area contributed by atoms with Crippen molar-refractivity contribution in [3.05, 3.63) is 63.1 Å². The first-order valence-electron chi connectivity index (χ1n) is 5.58. The number of carbonyl (C=O) groups is 1. The van der Waals surface area contributed by atoms with E-state index in [1.165, 1.54) is 0 Å². The van der Waals surface area contributed by atoms with E-state index in [0.29, 0.717) is 17.1 Å². The summed E-state index contributed by atoms with van der Waals surface area (Å²) in [6.07, 6.45) is 0. The zero-order valence-corrected chi connectivity index (χ0v) is 12.2.